The van der Waals surface area contributed by atoms with Gasteiger partial charge in [0.1, 0.15) is 0 Å². The molecule has 143 valence electrons. The molecule has 0 aliphatic heterocycles. The van der Waals surface area contributed by atoms with Gasteiger partial charge in [-0.25, -0.2) is 0 Å². The Bertz CT molecular complexity index is 1030. The molecule has 2 aromatic heterocycles. The number of rotatable bonds is 4. The molecule has 4 aromatic rings. The molecule has 0 amide bonds. The summed E-state index contributed by atoms with van der Waals surface area (Å²) < 4.78 is 13.3. The Morgan fingerprint density at radius 1 is 1.11 bits per heavy atom. The third-order valence-corrected chi connectivity index (χ3v) is 4.74. The second kappa shape index (κ2) is 12.3. The molecule has 0 atom stereocenters. The molecular formula is C16H14B2Br3N4O3. The SMILES string of the molecule is Brc1ccc2[nH]ncc2c1.Brc1ccc2c(cnn2Br)c1.C[B]OOCB=O. The van der Waals surface area contributed by atoms with Crippen molar-refractivity contribution in [3.05, 3.63) is 57.7 Å². The number of hydrogen-bond acceptors (Lipinski definition) is 5. The van der Waals surface area contributed by atoms with Crippen LogP contribution >= 0.6 is 48.0 Å². The van der Waals surface area contributed by atoms with E-state index in [2.05, 4.69) is 73.0 Å². The van der Waals surface area contributed by atoms with Crippen LogP contribution in [0.15, 0.2) is 57.7 Å². The zero-order valence-corrected chi connectivity index (χ0v) is 19.4. The first kappa shape index (κ1) is 23.0. The fourth-order valence-corrected chi connectivity index (χ4v) is 3.19. The summed E-state index contributed by atoms with van der Waals surface area (Å²) in [7, 11) is 1.97. The molecule has 28 heavy (non-hydrogen) atoms. The molecule has 4 rings (SSSR count). The summed E-state index contributed by atoms with van der Waals surface area (Å²) in [6, 6.07) is 12.0. The number of benzene rings is 2. The van der Waals surface area contributed by atoms with Gasteiger partial charge in [-0.05, 0) is 36.4 Å². The van der Waals surface area contributed by atoms with Gasteiger partial charge in [0.05, 0.1) is 39.6 Å². The van der Waals surface area contributed by atoms with Gasteiger partial charge in [0.2, 0.25) is 0 Å². The zero-order valence-electron chi connectivity index (χ0n) is 14.7. The number of halogens is 3. The number of H-pyrrole nitrogens is 1. The Kier molecular flexibility index (Phi) is 10.1. The summed E-state index contributed by atoms with van der Waals surface area (Å²) in [5.41, 5.74) is 2.15. The molecule has 1 N–H and O–H groups in total. The zero-order chi connectivity index (χ0) is 20.4. The van der Waals surface area contributed by atoms with E-state index in [1.807, 2.05) is 42.6 Å². The van der Waals surface area contributed by atoms with E-state index < -0.39 is 0 Å². The van der Waals surface area contributed by atoms with E-state index in [0.29, 0.717) is 7.15 Å². The number of aromatic amines is 1. The number of aromatic nitrogens is 4. The van der Waals surface area contributed by atoms with Crippen LogP contribution in [0.1, 0.15) is 0 Å². The van der Waals surface area contributed by atoms with Crippen molar-refractivity contribution < 1.29 is 14.4 Å². The molecule has 7 nitrogen and oxygen atoms in total. The van der Waals surface area contributed by atoms with E-state index in [1.54, 1.807) is 16.7 Å². The van der Waals surface area contributed by atoms with Gasteiger partial charge in [0.15, 0.2) is 0 Å². The van der Waals surface area contributed by atoms with Gasteiger partial charge in [-0.15, -0.1) is 0 Å². The van der Waals surface area contributed by atoms with Crippen LogP contribution in [-0.4, -0.2) is 40.1 Å². The summed E-state index contributed by atoms with van der Waals surface area (Å²) in [5.74, 6) is 0. The Morgan fingerprint density at radius 3 is 2.54 bits per heavy atom. The molecule has 0 saturated heterocycles. The number of hydrogen-bond donors (Lipinski definition) is 1. The minimum absolute atomic E-state index is 0.00958. The molecule has 2 heterocycles. The molecule has 2 aromatic carbocycles. The molecule has 12 heteroatoms. The topological polar surface area (TPSA) is 82.0 Å². The maximum atomic E-state index is 9.46. The summed E-state index contributed by atoms with van der Waals surface area (Å²) >= 11 is 10.0. The Balaban J connectivity index is 0.000000155. The molecule has 0 aliphatic carbocycles. The maximum absolute atomic E-state index is 9.46. The molecule has 0 spiro atoms. The van der Waals surface area contributed by atoms with Crippen molar-refractivity contribution in [3.8, 4) is 0 Å². The van der Waals surface area contributed by atoms with Crippen LogP contribution in [-0.2, 0) is 14.4 Å². The first-order chi connectivity index (χ1) is 13.5. The Hall–Kier alpha value is -1.33. The summed E-state index contributed by atoms with van der Waals surface area (Å²) in [5, 5.41) is 13.1. The second-order valence-electron chi connectivity index (χ2n) is 5.09. The summed E-state index contributed by atoms with van der Waals surface area (Å²) in [6.45, 7) is 1.65. The third kappa shape index (κ3) is 7.25. The van der Waals surface area contributed by atoms with Gasteiger partial charge < -0.3 is 0 Å². The van der Waals surface area contributed by atoms with E-state index in [4.69, 9.17) is 0 Å². The fourth-order valence-electron chi connectivity index (χ4n) is 2.02. The van der Waals surface area contributed by atoms with Crippen LogP contribution in [0, 0.1) is 0 Å². The predicted molar refractivity (Wildman–Crippen MR) is 121 cm³/mol. The average Bonchev–Trinajstić information content (AvgIpc) is 3.29. The molecule has 1 radical (unpaired) electrons. The summed E-state index contributed by atoms with van der Waals surface area (Å²) in [6.07, 6.45) is 3.62. The molecular weight excluding hydrogens is 558 g/mol. The standard InChI is InChI=1S/C7H4Br2N2.C7H5BrN2.C2H5B2O3/c8-6-1-2-7-5(3-6)4-10-11(7)9;8-6-1-2-7-5(3-6)4-9-10-7;1-3-7-6-2-4-5/h1-4H;1-4H,(H,9,10);2H2,1H3. The number of nitrogens with one attached hydrogen (secondary N) is 1. The van der Waals surface area contributed by atoms with Crippen LogP contribution in [0.25, 0.3) is 21.8 Å². The normalized spacial score (nSPS) is 9.86. The second-order valence-corrected chi connectivity index (χ2v) is 7.60. The Labute approximate surface area is 188 Å². The van der Waals surface area contributed by atoms with E-state index >= 15 is 0 Å². The quantitative estimate of drug-likeness (QED) is 0.163. The van der Waals surface area contributed by atoms with Crippen molar-refractivity contribution in [1.82, 2.24) is 19.0 Å². The van der Waals surface area contributed by atoms with E-state index in [0.717, 1.165) is 30.8 Å². The molecule has 0 unspecified atom stereocenters. The van der Waals surface area contributed by atoms with Gasteiger partial charge in [0.25, 0.3) is 0 Å². The van der Waals surface area contributed by atoms with Crippen molar-refractivity contribution in [2.45, 2.75) is 6.82 Å². The average molecular weight is 572 g/mol. The van der Waals surface area contributed by atoms with Gasteiger partial charge in [0, 0.05) is 19.7 Å². The fraction of sp³-hybridized carbons (Fsp3) is 0.125. The van der Waals surface area contributed by atoms with Gasteiger partial charge in [-0.2, -0.15) is 13.9 Å². The molecule has 0 aliphatic rings. The Morgan fingerprint density at radius 2 is 1.82 bits per heavy atom. The van der Waals surface area contributed by atoms with E-state index in [-0.39, 0.29) is 6.51 Å². The third-order valence-electron chi connectivity index (χ3n) is 3.19. The monoisotopic (exact) mass is 569 g/mol. The van der Waals surface area contributed by atoms with E-state index in [1.165, 1.54) is 7.48 Å². The number of fused-ring (bicyclic) bond motifs is 2. The van der Waals surface area contributed by atoms with Crippen LogP contribution < -0.4 is 0 Å². The first-order valence-electron chi connectivity index (χ1n) is 7.93. The molecule has 0 fully saturated rings. The van der Waals surface area contributed by atoms with Crippen molar-refractivity contribution >= 4 is 84.4 Å². The van der Waals surface area contributed by atoms with Gasteiger partial charge in [-0.1, -0.05) is 31.9 Å². The first-order valence-corrected chi connectivity index (χ1v) is 10.2. The van der Waals surface area contributed by atoms with Crippen LogP contribution in [0.4, 0.5) is 0 Å². The summed E-state index contributed by atoms with van der Waals surface area (Å²) in [4.78, 5) is 8.43. The molecule has 0 bridgehead atoms. The van der Waals surface area contributed by atoms with Crippen molar-refractivity contribution in [1.29, 1.82) is 0 Å². The number of nitrogens with zero attached hydrogens (tertiary/aromatic N) is 3. The van der Waals surface area contributed by atoms with Gasteiger partial charge in [-0.3, -0.25) is 5.10 Å². The van der Waals surface area contributed by atoms with Crippen molar-refractivity contribution in [3.63, 3.8) is 0 Å². The van der Waals surface area contributed by atoms with Gasteiger partial charge >= 0.3 is 42.4 Å². The van der Waals surface area contributed by atoms with Crippen LogP contribution in [0.3, 0.4) is 0 Å². The predicted octanol–water partition coefficient (Wildman–Crippen LogP) is 4.89. The van der Waals surface area contributed by atoms with Crippen LogP contribution in [0.2, 0.25) is 6.82 Å². The van der Waals surface area contributed by atoms with Crippen molar-refractivity contribution in [2.24, 2.45) is 0 Å². The minimum atomic E-state index is -0.00958. The van der Waals surface area contributed by atoms with E-state index in [9.17, 15) is 4.70 Å². The van der Waals surface area contributed by atoms with Crippen LogP contribution in [0.5, 0.6) is 0 Å². The molecule has 0 saturated carbocycles. The van der Waals surface area contributed by atoms with Crippen molar-refractivity contribution in [2.75, 3.05) is 6.51 Å².